The maximum Gasteiger partial charge on any atom is 0.259 e. The summed E-state index contributed by atoms with van der Waals surface area (Å²) >= 11 is 0. The van der Waals surface area contributed by atoms with Gasteiger partial charge >= 0.3 is 0 Å². The number of carbonyl (C=O) groups is 1. The number of amides is 1. The second-order valence-electron chi connectivity index (χ2n) is 4.29. The lowest BCUT2D eigenvalue weighted by Crippen LogP contribution is -2.38. The van der Waals surface area contributed by atoms with Gasteiger partial charge in [-0.15, -0.1) is 0 Å². The first kappa shape index (κ1) is 14.4. The molecule has 1 rings (SSSR count). The zero-order chi connectivity index (χ0) is 13.5. The Morgan fingerprint density at radius 3 is 2.83 bits per heavy atom. The first-order valence-electron chi connectivity index (χ1n) is 6.11. The number of pyridine rings is 1. The van der Waals surface area contributed by atoms with E-state index in [1.165, 1.54) is 7.11 Å². The van der Waals surface area contributed by atoms with E-state index in [0.29, 0.717) is 24.5 Å². The minimum Gasteiger partial charge on any atom is -0.480 e. The van der Waals surface area contributed by atoms with Gasteiger partial charge in [0.25, 0.3) is 5.91 Å². The monoisotopic (exact) mass is 251 g/mol. The molecule has 0 aliphatic carbocycles. The van der Waals surface area contributed by atoms with Gasteiger partial charge in [-0.05, 0) is 38.9 Å². The molecule has 0 bridgehead atoms. The molecular weight excluding hydrogens is 230 g/mol. The van der Waals surface area contributed by atoms with Crippen molar-refractivity contribution < 1.29 is 9.53 Å². The van der Waals surface area contributed by atoms with E-state index in [0.717, 1.165) is 6.42 Å². The predicted octanol–water partition coefficient (Wildman–Crippen LogP) is 1.29. The molecule has 0 aromatic carbocycles. The van der Waals surface area contributed by atoms with Gasteiger partial charge in [0.05, 0.1) is 7.11 Å². The number of nitrogens with two attached hydrogens (primary N) is 1. The number of carbonyl (C=O) groups excluding carboxylic acids is 1. The van der Waals surface area contributed by atoms with Crippen LogP contribution in [0.1, 0.15) is 30.6 Å². The van der Waals surface area contributed by atoms with Crippen molar-refractivity contribution in [1.29, 1.82) is 0 Å². The van der Waals surface area contributed by atoms with Crippen LogP contribution in [-0.4, -0.2) is 42.0 Å². The molecule has 0 saturated carbocycles. The van der Waals surface area contributed by atoms with E-state index in [9.17, 15) is 4.79 Å². The van der Waals surface area contributed by atoms with Gasteiger partial charge in [0.1, 0.15) is 5.56 Å². The van der Waals surface area contributed by atoms with Gasteiger partial charge in [-0.25, -0.2) is 4.98 Å². The smallest absolute Gasteiger partial charge is 0.259 e. The summed E-state index contributed by atoms with van der Waals surface area (Å²) in [7, 11) is 1.51. The van der Waals surface area contributed by atoms with Crippen molar-refractivity contribution in [3.63, 3.8) is 0 Å². The van der Waals surface area contributed by atoms with E-state index >= 15 is 0 Å². The van der Waals surface area contributed by atoms with E-state index in [1.807, 2.05) is 13.8 Å². The lowest BCUT2D eigenvalue weighted by molar-refractivity contribution is 0.0700. The summed E-state index contributed by atoms with van der Waals surface area (Å²) in [6.45, 7) is 5.18. The third-order valence-electron chi connectivity index (χ3n) is 2.68. The van der Waals surface area contributed by atoms with Crippen LogP contribution in [0.4, 0.5) is 0 Å². The molecule has 1 aromatic heterocycles. The standard InChI is InChI=1S/C13H21N3O2/c1-10(2)16(9-5-7-14)13(17)11-6-4-8-15-12(11)18-3/h4,6,8,10H,5,7,9,14H2,1-3H3. The first-order valence-corrected chi connectivity index (χ1v) is 6.11. The zero-order valence-corrected chi connectivity index (χ0v) is 11.2. The van der Waals surface area contributed by atoms with Gasteiger partial charge in [0, 0.05) is 18.8 Å². The molecule has 2 N–H and O–H groups in total. The van der Waals surface area contributed by atoms with Crippen molar-refractivity contribution >= 4 is 5.91 Å². The van der Waals surface area contributed by atoms with E-state index in [2.05, 4.69) is 4.98 Å². The first-order chi connectivity index (χ1) is 8.61. The van der Waals surface area contributed by atoms with Gasteiger partial charge in [0.15, 0.2) is 0 Å². The van der Waals surface area contributed by atoms with Gasteiger partial charge in [-0.3, -0.25) is 4.79 Å². The van der Waals surface area contributed by atoms with Crippen LogP contribution >= 0.6 is 0 Å². The lowest BCUT2D eigenvalue weighted by atomic mass is 10.2. The molecule has 1 aromatic rings. The number of hydrogen-bond donors (Lipinski definition) is 1. The summed E-state index contributed by atoms with van der Waals surface area (Å²) in [6, 6.07) is 3.58. The van der Waals surface area contributed by atoms with Crippen LogP contribution in [0, 0.1) is 0 Å². The highest BCUT2D eigenvalue weighted by Crippen LogP contribution is 2.17. The largest absolute Gasteiger partial charge is 0.480 e. The second kappa shape index (κ2) is 6.96. The molecule has 0 fully saturated rings. The molecule has 1 amide bonds. The molecule has 1 heterocycles. The number of hydrogen-bond acceptors (Lipinski definition) is 4. The summed E-state index contributed by atoms with van der Waals surface area (Å²) in [6.07, 6.45) is 2.39. The van der Waals surface area contributed by atoms with Crippen LogP contribution in [0.2, 0.25) is 0 Å². The minimum atomic E-state index is -0.0663. The minimum absolute atomic E-state index is 0.0663. The number of ether oxygens (including phenoxy) is 1. The molecule has 100 valence electrons. The number of methoxy groups -OCH3 is 1. The van der Waals surface area contributed by atoms with Gasteiger partial charge < -0.3 is 15.4 Å². The molecule has 0 aliphatic rings. The maximum atomic E-state index is 12.4. The van der Waals surface area contributed by atoms with Crippen molar-refractivity contribution in [2.75, 3.05) is 20.2 Å². The summed E-state index contributed by atoms with van der Waals surface area (Å²) in [4.78, 5) is 18.3. The van der Waals surface area contributed by atoms with Crippen molar-refractivity contribution in [2.24, 2.45) is 5.73 Å². The normalized spacial score (nSPS) is 10.5. The molecule has 0 aliphatic heterocycles. The Bertz CT molecular complexity index is 394. The van der Waals surface area contributed by atoms with Crippen molar-refractivity contribution in [3.05, 3.63) is 23.9 Å². The Hall–Kier alpha value is -1.62. The SMILES string of the molecule is COc1ncccc1C(=O)N(CCCN)C(C)C. The average molecular weight is 251 g/mol. The average Bonchev–Trinajstić information content (AvgIpc) is 2.38. The van der Waals surface area contributed by atoms with E-state index in [1.54, 1.807) is 23.2 Å². The van der Waals surface area contributed by atoms with E-state index in [4.69, 9.17) is 10.5 Å². The summed E-state index contributed by atoms with van der Waals surface area (Å²) in [5, 5.41) is 0. The van der Waals surface area contributed by atoms with Crippen LogP contribution in [0.25, 0.3) is 0 Å². The Balaban J connectivity index is 2.94. The van der Waals surface area contributed by atoms with Gasteiger partial charge in [-0.1, -0.05) is 0 Å². The highest BCUT2D eigenvalue weighted by atomic mass is 16.5. The molecule has 5 nitrogen and oxygen atoms in total. The number of rotatable bonds is 6. The van der Waals surface area contributed by atoms with Crippen molar-refractivity contribution in [3.8, 4) is 5.88 Å². The lowest BCUT2D eigenvalue weighted by Gasteiger charge is -2.27. The number of nitrogens with zero attached hydrogens (tertiary/aromatic N) is 2. The quantitative estimate of drug-likeness (QED) is 0.827. The molecule has 0 radical (unpaired) electrons. The highest BCUT2D eigenvalue weighted by molar-refractivity contribution is 5.96. The molecule has 18 heavy (non-hydrogen) atoms. The maximum absolute atomic E-state index is 12.4. The van der Waals surface area contributed by atoms with E-state index < -0.39 is 0 Å². The van der Waals surface area contributed by atoms with Gasteiger partial charge in [-0.2, -0.15) is 0 Å². The Kier molecular flexibility index (Phi) is 5.58. The van der Waals surface area contributed by atoms with Gasteiger partial charge in [0.2, 0.25) is 5.88 Å². The molecule has 0 spiro atoms. The zero-order valence-electron chi connectivity index (χ0n) is 11.2. The van der Waals surface area contributed by atoms with Crippen molar-refractivity contribution in [2.45, 2.75) is 26.3 Å². The number of aromatic nitrogens is 1. The van der Waals surface area contributed by atoms with Crippen LogP contribution in [0.3, 0.4) is 0 Å². The molecule has 0 saturated heterocycles. The van der Waals surface area contributed by atoms with Crippen LogP contribution in [-0.2, 0) is 0 Å². The molecule has 0 atom stereocenters. The summed E-state index contributed by atoms with van der Waals surface area (Å²) < 4.78 is 5.12. The van der Waals surface area contributed by atoms with Crippen LogP contribution < -0.4 is 10.5 Å². The summed E-state index contributed by atoms with van der Waals surface area (Å²) in [5.41, 5.74) is 5.99. The highest BCUT2D eigenvalue weighted by Gasteiger charge is 2.21. The third kappa shape index (κ3) is 3.43. The Labute approximate surface area is 108 Å². The third-order valence-corrected chi connectivity index (χ3v) is 2.68. The second-order valence-corrected chi connectivity index (χ2v) is 4.29. The topological polar surface area (TPSA) is 68.5 Å². The fraction of sp³-hybridized carbons (Fsp3) is 0.538. The molecule has 0 unspecified atom stereocenters. The fourth-order valence-electron chi connectivity index (χ4n) is 1.73. The predicted molar refractivity (Wildman–Crippen MR) is 70.6 cm³/mol. The van der Waals surface area contributed by atoms with Crippen LogP contribution in [0.5, 0.6) is 5.88 Å². The Morgan fingerprint density at radius 1 is 1.56 bits per heavy atom. The summed E-state index contributed by atoms with van der Waals surface area (Å²) in [5.74, 6) is 0.296. The van der Waals surface area contributed by atoms with Crippen LogP contribution in [0.15, 0.2) is 18.3 Å². The molecular formula is C13H21N3O2. The van der Waals surface area contributed by atoms with Crippen molar-refractivity contribution in [1.82, 2.24) is 9.88 Å². The van der Waals surface area contributed by atoms with E-state index in [-0.39, 0.29) is 11.9 Å². The molecule has 5 heteroatoms. The fourth-order valence-corrected chi connectivity index (χ4v) is 1.73. The Morgan fingerprint density at radius 2 is 2.28 bits per heavy atom.